The maximum absolute atomic E-state index is 10.7. The molecule has 6 heteroatoms. The molecule has 0 aliphatic heterocycles. The Balaban J connectivity index is 2.40. The van der Waals surface area contributed by atoms with Gasteiger partial charge in [-0.2, -0.15) is 0 Å². The van der Waals surface area contributed by atoms with Crippen LogP contribution >= 0.6 is 11.8 Å². The molecule has 0 aliphatic rings. The molecule has 0 aliphatic carbocycles. The second-order valence-corrected chi connectivity index (χ2v) is 4.22. The summed E-state index contributed by atoms with van der Waals surface area (Å²) in [5, 5.41) is 0.566. The van der Waals surface area contributed by atoms with E-state index in [1.807, 2.05) is 0 Å². The van der Waals surface area contributed by atoms with Crippen LogP contribution in [-0.4, -0.2) is 21.5 Å². The van der Waals surface area contributed by atoms with Crippen molar-refractivity contribution in [1.82, 2.24) is 9.97 Å². The summed E-state index contributed by atoms with van der Waals surface area (Å²) in [4.78, 5) is 18.7. The van der Waals surface area contributed by atoms with Crippen LogP contribution in [0.15, 0.2) is 11.2 Å². The fourth-order valence-electron chi connectivity index (χ4n) is 1.01. The molecule has 4 N–H and O–H groups in total. The molecule has 1 aromatic heterocycles. The summed E-state index contributed by atoms with van der Waals surface area (Å²) < 4.78 is 0. The van der Waals surface area contributed by atoms with Crippen molar-refractivity contribution in [3.8, 4) is 0 Å². The Morgan fingerprint density at radius 2 is 2.00 bits per heavy atom. The van der Waals surface area contributed by atoms with Crippen LogP contribution in [0, 0.1) is 0 Å². The highest BCUT2D eigenvalue weighted by Crippen LogP contribution is 2.17. The molecule has 0 fully saturated rings. The maximum Gasteiger partial charge on any atom is 0.191 e. The van der Waals surface area contributed by atoms with E-state index < -0.39 is 0 Å². The van der Waals surface area contributed by atoms with E-state index in [1.165, 1.54) is 17.8 Å². The molecule has 0 unspecified atom stereocenters. The Morgan fingerprint density at radius 3 is 2.53 bits per heavy atom. The molecule has 1 heterocycles. The first kappa shape index (κ1) is 11.8. The van der Waals surface area contributed by atoms with Gasteiger partial charge >= 0.3 is 0 Å². The van der Waals surface area contributed by atoms with Gasteiger partial charge in [0.1, 0.15) is 17.4 Å². The van der Waals surface area contributed by atoms with Crippen LogP contribution in [0.2, 0.25) is 0 Å². The minimum Gasteiger partial charge on any atom is -0.383 e. The van der Waals surface area contributed by atoms with Gasteiger partial charge < -0.3 is 16.3 Å². The van der Waals surface area contributed by atoms with E-state index >= 15 is 0 Å². The van der Waals surface area contributed by atoms with E-state index in [2.05, 4.69) is 9.97 Å². The lowest BCUT2D eigenvalue weighted by Crippen LogP contribution is -1.99. The predicted octanol–water partition coefficient (Wildman–Crippen LogP) is 1.10. The third-order valence-corrected chi connectivity index (χ3v) is 2.58. The smallest absolute Gasteiger partial charge is 0.191 e. The van der Waals surface area contributed by atoms with E-state index in [1.54, 1.807) is 6.92 Å². The fraction of sp³-hybridized carbons (Fsp3) is 0.444. The zero-order chi connectivity index (χ0) is 11.3. The van der Waals surface area contributed by atoms with Crippen LogP contribution in [0.5, 0.6) is 0 Å². The highest BCUT2D eigenvalue weighted by atomic mass is 32.2. The quantitative estimate of drug-likeness (QED) is 0.443. The molecule has 0 spiro atoms. The lowest BCUT2D eigenvalue weighted by molar-refractivity contribution is -0.117. The van der Waals surface area contributed by atoms with Gasteiger partial charge in [0.05, 0.1) is 0 Å². The number of nitrogens with two attached hydrogens (primary N) is 2. The zero-order valence-electron chi connectivity index (χ0n) is 8.56. The average molecular weight is 226 g/mol. The van der Waals surface area contributed by atoms with Gasteiger partial charge in [0.2, 0.25) is 0 Å². The molecule has 1 rings (SSSR count). The molecule has 82 valence electrons. The Kier molecular flexibility index (Phi) is 4.36. The van der Waals surface area contributed by atoms with Crippen LogP contribution in [0.25, 0.3) is 0 Å². The van der Waals surface area contributed by atoms with Gasteiger partial charge in [-0.05, 0) is 13.3 Å². The van der Waals surface area contributed by atoms with Crippen LogP contribution in [0.3, 0.4) is 0 Å². The largest absolute Gasteiger partial charge is 0.383 e. The predicted molar refractivity (Wildman–Crippen MR) is 61.5 cm³/mol. The van der Waals surface area contributed by atoms with Crippen molar-refractivity contribution in [2.24, 2.45) is 0 Å². The van der Waals surface area contributed by atoms with Gasteiger partial charge in [0.25, 0.3) is 0 Å². The van der Waals surface area contributed by atoms with E-state index in [-0.39, 0.29) is 5.78 Å². The summed E-state index contributed by atoms with van der Waals surface area (Å²) in [7, 11) is 0. The van der Waals surface area contributed by atoms with Gasteiger partial charge in [-0.1, -0.05) is 11.8 Å². The summed E-state index contributed by atoms with van der Waals surface area (Å²) in [6, 6.07) is 1.51. The number of thioether (sulfide) groups is 1. The number of carbonyl (C=O) groups excluding carboxylic acids is 1. The van der Waals surface area contributed by atoms with Crippen molar-refractivity contribution in [1.29, 1.82) is 0 Å². The van der Waals surface area contributed by atoms with Crippen LogP contribution in [0.1, 0.15) is 19.8 Å². The van der Waals surface area contributed by atoms with E-state index in [9.17, 15) is 4.79 Å². The van der Waals surface area contributed by atoms with Crippen molar-refractivity contribution >= 4 is 29.2 Å². The Morgan fingerprint density at radius 1 is 1.40 bits per heavy atom. The maximum atomic E-state index is 10.7. The van der Waals surface area contributed by atoms with Gasteiger partial charge in [0, 0.05) is 18.2 Å². The Hall–Kier alpha value is -1.30. The second-order valence-electron chi connectivity index (χ2n) is 3.15. The summed E-state index contributed by atoms with van der Waals surface area (Å²) in [5.74, 6) is 1.74. The number of aromatic nitrogens is 2. The highest BCUT2D eigenvalue weighted by molar-refractivity contribution is 7.99. The fourth-order valence-corrected chi connectivity index (χ4v) is 1.82. The third-order valence-electron chi connectivity index (χ3n) is 1.65. The normalized spacial score (nSPS) is 10.2. The number of hydrogen-bond acceptors (Lipinski definition) is 6. The minimum atomic E-state index is 0.198. The molecule has 5 nitrogen and oxygen atoms in total. The summed E-state index contributed by atoms with van der Waals surface area (Å²) >= 11 is 1.46. The van der Waals surface area contributed by atoms with Crippen LogP contribution in [0.4, 0.5) is 11.6 Å². The molecule has 0 amide bonds. The van der Waals surface area contributed by atoms with E-state index in [0.717, 1.165) is 12.2 Å². The molecule has 0 aromatic carbocycles. The van der Waals surface area contributed by atoms with Crippen LogP contribution < -0.4 is 11.5 Å². The molecular formula is C9H14N4OS. The third kappa shape index (κ3) is 4.64. The van der Waals surface area contributed by atoms with Crippen molar-refractivity contribution in [3.63, 3.8) is 0 Å². The zero-order valence-corrected chi connectivity index (χ0v) is 9.38. The van der Waals surface area contributed by atoms with Crippen molar-refractivity contribution in [2.75, 3.05) is 17.2 Å². The topological polar surface area (TPSA) is 94.9 Å². The van der Waals surface area contributed by atoms with Gasteiger partial charge in [0.15, 0.2) is 5.16 Å². The number of rotatable bonds is 5. The van der Waals surface area contributed by atoms with Gasteiger partial charge in [-0.15, -0.1) is 0 Å². The van der Waals surface area contributed by atoms with Crippen molar-refractivity contribution in [2.45, 2.75) is 24.9 Å². The molecule has 0 saturated heterocycles. The first-order valence-corrected chi connectivity index (χ1v) is 5.59. The first-order chi connectivity index (χ1) is 7.08. The lowest BCUT2D eigenvalue weighted by atomic mass is 10.3. The Labute approximate surface area is 92.7 Å². The number of nitrogens with zero attached hydrogens (tertiary/aromatic N) is 2. The number of hydrogen-bond donors (Lipinski definition) is 2. The Bertz CT molecular complexity index is 336. The van der Waals surface area contributed by atoms with Gasteiger partial charge in [-0.25, -0.2) is 9.97 Å². The van der Waals surface area contributed by atoms with E-state index in [0.29, 0.717) is 23.2 Å². The summed E-state index contributed by atoms with van der Waals surface area (Å²) in [5.41, 5.74) is 11.0. The molecule has 0 atom stereocenters. The minimum absolute atomic E-state index is 0.198. The lowest BCUT2D eigenvalue weighted by Gasteiger charge is -2.01. The average Bonchev–Trinajstić information content (AvgIpc) is 2.10. The number of Topliss-reactive ketones (excluding diaryl/α,β-unsaturated/α-hetero) is 1. The summed E-state index contributed by atoms with van der Waals surface area (Å²) in [6.07, 6.45) is 1.41. The van der Waals surface area contributed by atoms with Crippen molar-refractivity contribution in [3.05, 3.63) is 6.07 Å². The number of nitrogen functional groups attached to an aromatic ring is 2. The number of ketones is 1. The first-order valence-electron chi connectivity index (χ1n) is 4.60. The molecular weight excluding hydrogens is 212 g/mol. The molecule has 0 saturated carbocycles. The molecule has 15 heavy (non-hydrogen) atoms. The van der Waals surface area contributed by atoms with E-state index in [4.69, 9.17) is 11.5 Å². The number of carbonyl (C=O) groups is 1. The number of anilines is 2. The second kappa shape index (κ2) is 5.55. The molecule has 0 radical (unpaired) electrons. The standard InChI is InChI=1S/C9H14N4OS/c1-6(14)3-2-4-15-9-12-7(10)5-8(11)13-9/h5H,2-4H2,1H3,(H4,10,11,12,13). The highest BCUT2D eigenvalue weighted by Gasteiger charge is 2.01. The SMILES string of the molecule is CC(=O)CCCSc1nc(N)cc(N)n1. The van der Waals surface area contributed by atoms with Crippen molar-refractivity contribution < 1.29 is 4.79 Å². The molecule has 1 aromatic rings. The van der Waals surface area contributed by atoms with Gasteiger partial charge in [-0.3, -0.25) is 0 Å². The summed E-state index contributed by atoms with van der Waals surface area (Å²) in [6.45, 7) is 1.58. The molecule has 0 bridgehead atoms. The van der Waals surface area contributed by atoms with Crippen LogP contribution in [-0.2, 0) is 4.79 Å². The monoisotopic (exact) mass is 226 g/mol.